The lowest BCUT2D eigenvalue weighted by Crippen LogP contribution is -2.42. The van der Waals surface area contributed by atoms with Gasteiger partial charge in [-0.25, -0.2) is 14.8 Å². The molecule has 0 spiro atoms. The van der Waals surface area contributed by atoms with E-state index in [4.69, 9.17) is 5.11 Å². The summed E-state index contributed by atoms with van der Waals surface area (Å²) in [5.74, 6) is -0.638. The van der Waals surface area contributed by atoms with Gasteiger partial charge in [-0.1, -0.05) is 0 Å². The van der Waals surface area contributed by atoms with Crippen LogP contribution in [0.15, 0.2) is 12.4 Å². The van der Waals surface area contributed by atoms with Crippen molar-refractivity contribution in [3.05, 3.63) is 18.1 Å². The zero-order chi connectivity index (χ0) is 13.1. The van der Waals surface area contributed by atoms with Gasteiger partial charge >= 0.3 is 5.97 Å². The molecule has 1 unspecified atom stereocenters. The molecule has 0 aromatic carbocycles. The highest BCUT2D eigenvalue weighted by Gasteiger charge is 2.31. The Hall–Kier alpha value is -2.18. The van der Waals surface area contributed by atoms with Crippen molar-refractivity contribution in [2.24, 2.45) is 0 Å². The molecule has 0 bridgehead atoms. The molecule has 7 nitrogen and oxygen atoms in total. The fourth-order valence-corrected chi connectivity index (χ4v) is 2.06. The first-order valence-corrected chi connectivity index (χ1v) is 5.67. The summed E-state index contributed by atoms with van der Waals surface area (Å²) >= 11 is 0. The Labute approximate surface area is 104 Å². The van der Waals surface area contributed by atoms with Crippen LogP contribution in [0.5, 0.6) is 0 Å². The number of carbonyl (C=O) groups excluding carboxylic acids is 1. The number of anilines is 1. The number of nitrogens with one attached hydrogen (secondary N) is 1. The van der Waals surface area contributed by atoms with E-state index in [1.54, 1.807) is 7.05 Å². The van der Waals surface area contributed by atoms with Gasteiger partial charge in [0.05, 0.1) is 12.4 Å². The van der Waals surface area contributed by atoms with E-state index in [0.29, 0.717) is 5.82 Å². The summed E-state index contributed by atoms with van der Waals surface area (Å²) in [5, 5.41) is 11.4. The van der Waals surface area contributed by atoms with Gasteiger partial charge in [0.1, 0.15) is 11.9 Å². The number of rotatable bonds is 3. The number of hydrogen-bond donors (Lipinski definition) is 2. The van der Waals surface area contributed by atoms with Gasteiger partial charge in [-0.15, -0.1) is 0 Å². The summed E-state index contributed by atoms with van der Waals surface area (Å²) in [6.07, 6.45) is 4.27. The average Bonchev–Trinajstić information content (AvgIpc) is 2.87. The first kappa shape index (κ1) is 12.3. The lowest BCUT2D eigenvalue weighted by atomic mass is 10.2. The summed E-state index contributed by atoms with van der Waals surface area (Å²) in [6.45, 7) is 0.721. The molecule has 1 aliphatic heterocycles. The van der Waals surface area contributed by atoms with Crippen LogP contribution in [-0.2, 0) is 4.79 Å². The van der Waals surface area contributed by atoms with Crippen LogP contribution in [0.3, 0.4) is 0 Å². The molecular weight excluding hydrogens is 236 g/mol. The fourth-order valence-electron chi connectivity index (χ4n) is 2.06. The molecule has 96 valence electrons. The molecule has 1 fully saturated rings. The average molecular weight is 250 g/mol. The lowest BCUT2D eigenvalue weighted by Gasteiger charge is -2.23. The van der Waals surface area contributed by atoms with Crippen molar-refractivity contribution in [3.8, 4) is 0 Å². The van der Waals surface area contributed by atoms with Crippen LogP contribution >= 0.6 is 0 Å². The summed E-state index contributed by atoms with van der Waals surface area (Å²) in [7, 11) is 1.60. The maximum Gasteiger partial charge on any atom is 0.356 e. The van der Waals surface area contributed by atoms with Crippen LogP contribution in [0.2, 0.25) is 0 Å². The molecule has 0 aliphatic carbocycles. The Morgan fingerprint density at radius 1 is 1.44 bits per heavy atom. The van der Waals surface area contributed by atoms with Crippen LogP contribution in [0, 0.1) is 0 Å². The maximum atomic E-state index is 11.7. The highest BCUT2D eigenvalue weighted by Crippen LogP contribution is 2.23. The van der Waals surface area contributed by atoms with Crippen LogP contribution < -0.4 is 10.2 Å². The second-order valence-corrected chi connectivity index (χ2v) is 4.03. The number of aromatic carboxylic acids is 1. The van der Waals surface area contributed by atoms with E-state index in [1.165, 1.54) is 12.4 Å². The molecule has 7 heteroatoms. The molecule has 1 aromatic rings. The van der Waals surface area contributed by atoms with Crippen molar-refractivity contribution in [1.29, 1.82) is 0 Å². The summed E-state index contributed by atoms with van der Waals surface area (Å²) in [6, 6.07) is -0.250. The molecule has 2 heterocycles. The van der Waals surface area contributed by atoms with Gasteiger partial charge in [0.25, 0.3) is 0 Å². The molecule has 1 saturated heterocycles. The van der Waals surface area contributed by atoms with E-state index in [2.05, 4.69) is 15.3 Å². The van der Waals surface area contributed by atoms with Crippen molar-refractivity contribution in [2.45, 2.75) is 18.9 Å². The zero-order valence-corrected chi connectivity index (χ0v) is 9.96. The zero-order valence-electron chi connectivity index (χ0n) is 9.96. The summed E-state index contributed by atoms with van der Waals surface area (Å²) in [4.78, 5) is 32.1. The summed E-state index contributed by atoms with van der Waals surface area (Å²) in [5.41, 5.74) is -0.102. The van der Waals surface area contributed by atoms with Crippen LogP contribution in [0.25, 0.3) is 0 Å². The van der Waals surface area contributed by atoms with Crippen LogP contribution in [0.1, 0.15) is 23.3 Å². The number of hydrogen-bond acceptors (Lipinski definition) is 5. The van der Waals surface area contributed by atoms with Crippen molar-refractivity contribution >= 4 is 17.7 Å². The molecule has 2 N–H and O–H groups in total. The first-order valence-electron chi connectivity index (χ1n) is 5.67. The van der Waals surface area contributed by atoms with Gasteiger partial charge in [0.2, 0.25) is 5.91 Å². The largest absolute Gasteiger partial charge is 0.476 e. The Balaban J connectivity index is 2.20. The Bertz CT molecular complexity index is 460. The number of carboxylic acids is 1. The van der Waals surface area contributed by atoms with E-state index in [-0.39, 0.29) is 17.6 Å². The van der Waals surface area contributed by atoms with Gasteiger partial charge in [-0.2, -0.15) is 0 Å². The van der Waals surface area contributed by atoms with Gasteiger partial charge in [0, 0.05) is 13.6 Å². The topological polar surface area (TPSA) is 95.4 Å². The number of carboxylic acid groups (broad SMARTS) is 1. The van der Waals surface area contributed by atoms with Crippen LogP contribution in [-0.4, -0.2) is 46.6 Å². The Kier molecular flexibility index (Phi) is 3.40. The van der Waals surface area contributed by atoms with Crippen LogP contribution in [0.4, 0.5) is 5.82 Å². The quantitative estimate of drug-likeness (QED) is 0.777. The van der Waals surface area contributed by atoms with E-state index in [9.17, 15) is 9.59 Å². The molecule has 2 rings (SSSR count). The minimum Gasteiger partial charge on any atom is -0.476 e. The lowest BCUT2D eigenvalue weighted by molar-refractivity contribution is -0.121. The third kappa shape index (κ3) is 2.24. The monoisotopic (exact) mass is 250 g/mol. The smallest absolute Gasteiger partial charge is 0.356 e. The third-order valence-electron chi connectivity index (χ3n) is 2.95. The van der Waals surface area contributed by atoms with E-state index >= 15 is 0 Å². The minimum absolute atomic E-state index is 0.0587. The number of nitrogens with zero attached hydrogens (tertiary/aromatic N) is 3. The highest BCUT2D eigenvalue weighted by molar-refractivity contribution is 5.86. The predicted molar refractivity (Wildman–Crippen MR) is 63.4 cm³/mol. The third-order valence-corrected chi connectivity index (χ3v) is 2.95. The van der Waals surface area contributed by atoms with Crippen molar-refractivity contribution < 1.29 is 14.7 Å². The van der Waals surface area contributed by atoms with Gasteiger partial charge < -0.3 is 15.3 Å². The van der Waals surface area contributed by atoms with Gasteiger partial charge in [0.15, 0.2) is 5.69 Å². The standard InChI is InChI=1S/C11H14N4O3/c1-12-10(16)8-3-2-4-15(8)9-6-13-7(5-14-9)11(17)18/h5-6,8H,2-4H2,1H3,(H,12,16)(H,17,18). The van der Waals surface area contributed by atoms with Gasteiger partial charge in [-0.05, 0) is 12.8 Å². The number of carbonyl (C=O) groups is 2. The number of likely N-dealkylation sites (N-methyl/N-ethyl adjacent to an activating group) is 1. The van der Waals surface area contributed by atoms with E-state index in [1.807, 2.05) is 4.90 Å². The molecule has 0 saturated carbocycles. The molecule has 1 aliphatic rings. The molecule has 1 aromatic heterocycles. The summed E-state index contributed by atoms with van der Waals surface area (Å²) < 4.78 is 0. The van der Waals surface area contributed by atoms with E-state index < -0.39 is 5.97 Å². The van der Waals surface area contributed by atoms with E-state index in [0.717, 1.165) is 19.4 Å². The SMILES string of the molecule is CNC(=O)C1CCCN1c1cnc(C(=O)O)cn1. The number of amides is 1. The second kappa shape index (κ2) is 4.99. The Morgan fingerprint density at radius 3 is 2.78 bits per heavy atom. The highest BCUT2D eigenvalue weighted by atomic mass is 16.4. The second-order valence-electron chi connectivity index (χ2n) is 4.03. The normalized spacial score (nSPS) is 18.7. The number of aromatic nitrogens is 2. The maximum absolute atomic E-state index is 11.7. The molecular formula is C11H14N4O3. The molecule has 1 atom stereocenters. The molecule has 1 amide bonds. The van der Waals surface area contributed by atoms with Crippen molar-refractivity contribution in [3.63, 3.8) is 0 Å². The van der Waals surface area contributed by atoms with Gasteiger partial charge in [-0.3, -0.25) is 4.79 Å². The first-order chi connectivity index (χ1) is 8.63. The molecule has 18 heavy (non-hydrogen) atoms. The predicted octanol–water partition coefficient (Wildman–Crippen LogP) is -0.110. The fraction of sp³-hybridized carbons (Fsp3) is 0.455. The van der Waals surface area contributed by atoms with Crippen molar-refractivity contribution in [2.75, 3.05) is 18.5 Å². The van der Waals surface area contributed by atoms with Crippen molar-refractivity contribution in [1.82, 2.24) is 15.3 Å². The molecule has 0 radical (unpaired) electrons. The Morgan fingerprint density at radius 2 is 2.22 bits per heavy atom. The minimum atomic E-state index is -1.11.